The van der Waals surface area contributed by atoms with Crippen molar-refractivity contribution in [1.82, 2.24) is 0 Å². The van der Waals surface area contributed by atoms with Gasteiger partial charge in [-0.05, 0) is 83.7 Å². The van der Waals surface area contributed by atoms with Gasteiger partial charge >= 0.3 is 0 Å². The maximum absolute atomic E-state index is 9.83. The highest BCUT2D eigenvalue weighted by Crippen LogP contribution is 2.37. The van der Waals surface area contributed by atoms with Gasteiger partial charge in [-0.25, -0.2) is 0 Å². The quantitative estimate of drug-likeness (QED) is 0.164. The zero-order valence-corrected chi connectivity index (χ0v) is 21.8. The number of benzene rings is 3. The number of phenolic OH excluding ortho intramolecular Hbond substituents is 2. The number of aromatic hydroxyl groups is 2. The van der Waals surface area contributed by atoms with E-state index in [-0.39, 0.29) is 34.9 Å². The maximum atomic E-state index is 9.83. The van der Waals surface area contributed by atoms with E-state index in [4.69, 9.17) is 0 Å². The molecular weight excluding hydrogens is 472 g/mol. The Kier molecular flexibility index (Phi) is 9.55. The number of aliphatic hydroxyl groups is 2. The summed E-state index contributed by atoms with van der Waals surface area (Å²) in [6, 6.07) is 22.4. The van der Waals surface area contributed by atoms with Gasteiger partial charge < -0.3 is 20.4 Å². The monoisotopic (exact) mass is 506 g/mol. The normalized spacial score (nSPS) is 14.6. The van der Waals surface area contributed by atoms with Crippen LogP contribution in [0.25, 0.3) is 0 Å². The van der Waals surface area contributed by atoms with Crippen LogP contribution in [0.4, 0.5) is 0 Å². The van der Waals surface area contributed by atoms with Gasteiger partial charge in [-0.3, -0.25) is 0 Å². The molecule has 0 saturated carbocycles. The molecule has 0 fully saturated rings. The number of allylic oxidation sites excluding steroid dienone is 10. The van der Waals surface area contributed by atoms with Gasteiger partial charge in [-0.1, -0.05) is 86.0 Å². The van der Waals surface area contributed by atoms with Crippen molar-refractivity contribution >= 4 is 0 Å². The first kappa shape index (κ1) is 27.9. The first-order valence-corrected chi connectivity index (χ1v) is 12.3. The van der Waals surface area contributed by atoms with Crippen LogP contribution in [0.5, 0.6) is 11.5 Å². The van der Waals surface area contributed by atoms with Crippen molar-refractivity contribution in [2.24, 2.45) is 0 Å². The van der Waals surface area contributed by atoms with E-state index in [1.807, 2.05) is 36.4 Å². The second-order valence-electron chi connectivity index (χ2n) is 9.07. The SMILES string of the molecule is C=C/C(=C\C=C(/C)O)C(c1ccc(O)cc1)c1ccc(C(/C(C=C)=C/C=C(\C)O)c2ccc(O)cc2)cc1. The van der Waals surface area contributed by atoms with Crippen molar-refractivity contribution in [2.45, 2.75) is 25.7 Å². The summed E-state index contributed by atoms with van der Waals surface area (Å²) in [5.41, 5.74) is 5.74. The van der Waals surface area contributed by atoms with Crippen LogP contribution in [0.15, 0.2) is 145 Å². The van der Waals surface area contributed by atoms with Crippen LogP contribution >= 0.6 is 0 Å². The molecule has 3 rings (SSSR count). The highest BCUT2D eigenvalue weighted by Gasteiger charge is 2.21. The molecule has 4 nitrogen and oxygen atoms in total. The minimum Gasteiger partial charge on any atom is -0.513 e. The molecule has 3 aromatic rings. The van der Waals surface area contributed by atoms with E-state index in [1.165, 1.54) is 0 Å². The van der Waals surface area contributed by atoms with Gasteiger partial charge in [0, 0.05) is 11.8 Å². The van der Waals surface area contributed by atoms with Crippen molar-refractivity contribution in [1.29, 1.82) is 0 Å². The zero-order chi connectivity index (χ0) is 27.7. The lowest BCUT2D eigenvalue weighted by atomic mass is 9.81. The molecule has 4 heteroatoms. The van der Waals surface area contributed by atoms with Crippen LogP contribution in [-0.4, -0.2) is 20.4 Å². The van der Waals surface area contributed by atoms with Crippen molar-refractivity contribution in [3.05, 3.63) is 167 Å². The summed E-state index contributed by atoms with van der Waals surface area (Å²) < 4.78 is 0. The molecule has 2 unspecified atom stereocenters. The average molecular weight is 507 g/mol. The molecule has 0 saturated heterocycles. The third-order valence-corrected chi connectivity index (χ3v) is 6.23. The van der Waals surface area contributed by atoms with Gasteiger partial charge in [-0.2, -0.15) is 0 Å². The van der Waals surface area contributed by atoms with Crippen molar-refractivity contribution in [3.8, 4) is 11.5 Å². The standard InChI is InChI=1S/C34H34O4/c1-5-25(9-7-23(3)35)33(29-15-19-31(37)20-16-29)27-11-13-28(14-12-27)34(26(6-2)10-8-24(4)36)30-17-21-32(38)22-18-30/h5-22,33-38H,1-2H2,3-4H3/b23-7+,24-8+,25-9+,26-10+. The molecule has 0 heterocycles. The Morgan fingerprint density at radius 3 is 1.03 bits per heavy atom. The van der Waals surface area contributed by atoms with E-state index in [2.05, 4.69) is 37.4 Å². The van der Waals surface area contributed by atoms with Crippen LogP contribution in [0, 0.1) is 0 Å². The van der Waals surface area contributed by atoms with E-state index < -0.39 is 0 Å². The van der Waals surface area contributed by atoms with Gasteiger partial charge in [0.15, 0.2) is 0 Å². The van der Waals surface area contributed by atoms with Crippen LogP contribution in [0.1, 0.15) is 47.9 Å². The largest absolute Gasteiger partial charge is 0.513 e. The fourth-order valence-electron chi connectivity index (χ4n) is 4.37. The molecule has 3 aromatic carbocycles. The fraction of sp³-hybridized carbons (Fsp3) is 0.118. The molecule has 0 amide bonds. The molecule has 0 spiro atoms. The number of phenols is 2. The summed E-state index contributed by atoms with van der Waals surface area (Å²) in [6.07, 6.45) is 10.5. The molecule has 4 N–H and O–H groups in total. The third-order valence-electron chi connectivity index (χ3n) is 6.23. The molecule has 0 aliphatic rings. The van der Waals surface area contributed by atoms with Gasteiger partial charge in [0.2, 0.25) is 0 Å². The van der Waals surface area contributed by atoms with Gasteiger partial charge in [0.25, 0.3) is 0 Å². The van der Waals surface area contributed by atoms with Crippen molar-refractivity contribution in [2.75, 3.05) is 0 Å². The molecular formula is C34H34O4. The molecule has 0 aliphatic heterocycles. The van der Waals surface area contributed by atoms with Crippen LogP contribution in [-0.2, 0) is 0 Å². The molecule has 0 bridgehead atoms. The first-order chi connectivity index (χ1) is 18.2. The predicted molar refractivity (Wildman–Crippen MR) is 156 cm³/mol. The van der Waals surface area contributed by atoms with Gasteiger partial charge in [0.05, 0.1) is 11.5 Å². The fourth-order valence-corrected chi connectivity index (χ4v) is 4.37. The van der Waals surface area contributed by atoms with E-state index >= 15 is 0 Å². The lowest BCUT2D eigenvalue weighted by Gasteiger charge is -2.23. The Morgan fingerprint density at radius 2 is 0.789 bits per heavy atom. The van der Waals surface area contributed by atoms with E-state index in [0.29, 0.717) is 0 Å². The topological polar surface area (TPSA) is 80.9 Å². The minimum atomic E-state index is -0.181. The molecule has 0 aromatic heterocycles. The van der Waals surface area contributed by atoms with E-state index in [1.54, 1.807) is 62.4 Å². The molecule has 38 heavy (non-hydrogen) atoms. The first-order valence-electron chi connectivity index (χ1n) is 12.3. The van der Waals surface area contributed by atoms with Gasteiger partial charge in [-0.15, -0.1) is 0 Å². The Balaban J connectivity index is 2.15. The summed E-state index contributed by atoms with van der Waals surface area (Å²) in [5.74, 6) is 0.392. The highest BCUT2D eigenvalue weighted by molar-refractivity contribution is 5.51. The number of hydrogen-bond acceptors (Lipinski definition) is 4. The minimum absolute atomic E-state index is 0.181. The third kappa shape index (κ3) is 7.17. The smallest absolute Gasteiger partial charge is 0.115 e. The number of rotatable bonds is 10. The van der Waals surface area contributed by atoms with Crippen LogP contribution < -0.4 is 0 Å². The number of aliphatic hydroxyl groups excluding tert-OH is 2. The Bertz CT molecular complexity index is 1250. The zero-order valence-electron chi connectivity index (χ0n) is 21.8. The predicted octanol–water partition coefficient (Wildman–Crippen LogP) is 8.51. The summed E-state index contributed by atoms with van der Waals surface area (Å²) in [5, 5.41) is 39.1. The van der Waals surface area contributed by atoms with E-state index in [0.717, 1.165) is 33.4 Å². The lowest BCUT2D eigenvalue weighted by molar-refractivity contribution is 0.414. The molecule has 2 atom stereocenters. The van der Waals surface area contributed by atoms with Crippen molar-refractivity contribution in [3.63, 3.8) is 0 Å². The number of hydrogen-bond donors (Lipinski definition) is 4. The molecule has 194 valence electrons. The summed E-state index contributed by atoms with van der Waals surface area (Å²) in [6.45, 7) is 11.2. The summed E-state index contributed by atoms with van der Waals surface area (Å²) in [7, 11) is 0. The van der Waals surface area contributed by atoms with Crippen molar-refractivity contribution < 1.29 is 20.4 Å². The molecule has 0 radical (unpaired) electrons. The average Bonchev–Trinajstić information content (AvgIpc) is 2.90. The Hall–Kier alpha value is -4.70. The second-order valence-corrected chi connectivity index (χ2v) is 9.07. The highest BCUT2D eigenvalue weighted by atomic mass is 16.3. The second kappa shape index (κ2) is 13.0. The summed E-state index contributed by atoms with van der Waals surface area (Å²) in [4.78, 5) is 0. The molecule has 0 aliphatic carbocycles. The van der Waals surface area contributed by atoms with Crippen LogP contribution in [0.2, 0.25) is 0 Å². The Labute approximate surface area is 224 Å². The summed E-state index contributed by atoms with van der Waals surface area (Å²) >= 11 is 0. The van der Waals surface area contributed by atoms with E-state index in [9.17, 15) is 20.4 Å². The maximum Gasteiger partial charge on any atom is 0.115 e. The van der Waals surface area contributed by atoms with Crippen LogP contribution in [0.3, 0.4) is 0 Å². The lowest BCUT2D eigenvalue weighted by Crippen LogP contribution is -2.06. The Morgan fingerprint density at radius 1 is 0.526 bits per heavy atom. The van der Waals surface area contributed by atoms with Gasteiger partial charge in [0.1, 0.15) is 11.5 Å².